The number of carboxylic acid groups (broad SMARTS) is 1. The summed E-state index contributed by atoms with van der Waals surface area (Å²) in [7, 11) is 0. The van der Waals surface area contributed by atoms with E-state index >= 15 is 0 Å². The summed E-state index contributed by atoms with van der Waals surface area (Å²) in [5, 5.41) is 13.4. The van der Waals surface area contributed by atoms with Crippen molar-refractivity contribution in [3.63, 3.8) is 0 Å². The lowest BCUT2D eigenvalue weighted by atomic mass is 9.95. The molecule has 0 bridgehead atoms. The summed E-state index contributed by atoms with van der Waals surface area (Å²) in [6.07, 6.45) is 1.97. The number of hydrogen-bond acceptors (Lipinski definition) is 4. The predicted octanol–water partition coefficient (Wildman–Crippen LogP) is 2.52. The first-order valence-electron chi connectivity index (χ1n) is 7.02. The Labute approximate surface area is 120 Å². The minimum absolute atomic E-state index is 0.159. The zero-order chi connectivity index (χ0) is 14.6. The van der Waals surface area contributed by atoms with Crippen LogP contribution in [0.4, 0.5) is 0 Å². The van der Waals surface area contributed by atoms with E-state index in [9.17, 15) is 9.90 Å². The Bertz CT molecular complexity index is 311. The molecule has 0 aromatic rings. The van der Waals surface area contributed by atoms with Crippen LogP contribution in [-0.2, 0) is 9.53 Å². The van der Waals surface area contributed by atoms with Gasteiger partial charge in [-0.05, 0) is 40.5 Å². The van der Waals surface area contributed by atoms with E-state index in [-0.39, 0.29) is 12.1 Å². The Balaban J connectivity index is 2.56. The normalized spacial score (nSPS) is 28.3. The van der Waals surface area contributed by atoms with E-state index in [0.29, 0.717) is 16.9 Å². The number of hydrogen-bond donors (Lipinski definition) is 2. The molecule has 4 unspecified atom stereocenters. The first-order valence-corrected chi connectivity index (χ1v) is 7.97. The molecule has 0 aromatic heterocycles. The second kappa shape index (κ2) is 6.95. The molecule has 2 N–H and O–H groups in total. The van der Waals surface area contributed by atoms with Gasteiger partial charge in [-0.25, -0.2) is 0 Å². The maximum absolute atomic E-state index is 11.5. The van der Waals surface area contributed by atoms with E-state index in [0.717, 1.165) is 13.0 Å². The molecule has 0 radical (unpaired) electrons. The van der Waals surface area contributed by atoms with Crippen LogP contribution < -0.4 is 5.32 Å². The summed E-state index contributed by atoms with van der Waals surface area (Å²) in [5.74, 6) is -0.774. The molecule has 0 saturated carbocycles. The Morgan fingerprint density at radius 1 is 1.53 bits per heavy atom. The molecule has 5 heteroatoms. The van der Waals surface area contributed by atoms with E-state index in [2.05, 4.69) is 19.2 Å². The van der Waals surface area contributed by atoms with Gasteiger partial charge in [0, 0.05) is 23.1 Å². The zero-order valence-electron chi connectivity index (χ0n) is 12.6. The van der Waals surface area contributed by atoms with Gasteiger partial charge in [-0.3, -0.25) is 10.1 Å². The van der Waals surface area contributed by atoms with Gasteiger partial charge in [0.25, 0.3) is 0 Å². The van der Waals surface area contributed by atoms with E-state index in [4.69, 9.17) is 4.74 Å². The maximum Gasteiger partial charge on any atom is 0.323 e. The molecule has 0 aliphatic carbocycles. The van der Waals surface area contributed by atoms with E-state index in [1.165, 1.54) is 0 Å². The van der Waals surface area contributed by atoms with Gasteiger partial charge in [-0.1, -0.05) is 6.92 Å². The highest BCUT2D eigenvalue weighted by Crippen LogP contribution is 2.33. The van der Waals surface area contributed by atoms with Crippen LogP contribution in [0.2, 0.25) is 0 Å². The van der Waals surface area contributed by atoms with Crippen LogP contribution in [-0.4, -0.2) is 45.9 Å². The van der Waals surface area contributed by atoms with E-state index in [1.54, 1.807) is 6.92 Å². The Hall–Kier alpha value is -0.260. The van der Waals surface area contributed by atoms with Gasteiger partial charge >= 0.3 is 5.97 Å². The van der Waals surface area contributed by atoms with Gasteiger partial charge in [0.15, 0.2) is 0 Å². The summed E-state index contributed by atoms with van der Waals surface area (Å²) in [6, 6.07) is 0.159. The van der Waals surface area contributed by atoms with E-state index in [1.807, 2.05) is 25.6 Å². The van der Waals surface area contributed by atoms with E-state index < -0.39 is 11.5 Å². The molecule has 0 amide bonds. The summed E-state index contributed by atoms with van der Waals surface area (Å²) >= 11 is 1.86. The number of carbonyl (C=O) groups is 1. The van der Waals surface area contributed by atoms with Gasteiger partial charge < -0.3 is 9.84 Å². The molecule has 112 valence electrons. The van der Waals surface area contributed by atoms with Crippen molar-refractivity contribution in [2.24, 2.45) is 0 Å². The molecule has 19 heavy (non-hydrogen) atoms. The second-order valence-corrected chi connectivity index (χ2v) is 7.67. The third kappa shape index (κ3) is 4.97. The SMILES string of the molecule is CC(C)NC(C)(CC(C)SC1CCOC1C)C(=O)O. The smallest absolute Gasteiger partial charge is 0.323 e. The average Bonchev–Trinajstić information content (AvgIpc) is 2.62. The van der Waals surface area contributed by atoms with Crippen LogP contribution >= 0.6 is 11.8 Å². The van der Waals surface area contributed by atoms with Crippen LogP contribution in [0.25, 0.3) is 0 Å². The van der Waals surface area contributed by atoms with Gasteiger partial charge in [0.2, 0.25) is 0 Å². The highest BCUT2D eigenvalue weighted by atomic mass is 32.2. The fourth-order valence-electron chi connectivity index (χ4n) is 2.66. The second-order valence-electron chi connectivity index (χ2n) is 5.99. The lowest BCUT2D eigenvalue weighted by Gasteiger charge is -2.32. The van der Waals surface area contributed by atoms with Crippen molar-refractivity contribution in [1.82, 2.24) is 5.32 Å². The molecule has 4 atom stereocenters. The average molecular weight is 289 g/mol. The van der Waals surface area contributed by atoms with Gasteiger partial charge in [-0.15, -0.1) is 0 Å². The molecule has 0 aromatic carbocycles. The lowest BCUT2D eigenvalue weighted by molar-refractivity contribution is -0.144. The van der Waals surface area contributed by atoms with Crippen molar-refractivity contribution in [3.8, 4) is 0 Å². The van der Waals surface area contributed by atoms with Crippen molar-refractivity contribution in [3.05, 3.63) is 0 Å². The minimum Gasteiger partial charge on any atom is -0.480 e. The molecule has 0 spiro atoms. The third-order valence-electron chi connectivity index (χ3n) is 3.49. The fraction of sp³-hybridized carbons (Fsp3) is 0.929. The predicted molar refractivity (Wildman–Crippen MR) is 79.8 cm³/mol. The van der Waals surface area contributed by atoms with Crippen molar-refractivity contribution in [2.75, 3.05) is 6.61 Å². The molecular weight excluding hydrogens is 262 g/mol. The Morgan fingerprint density at radius 3 is 2.58 bits per heavy atom. The fourth-order valence-corrected chi connectivity index (χ4v) is 4.22. The van der Waals surface area contributed by atoms with Crippen molar-refractivity contribution < 1.29 is 14.6 Å². The molecule has 4 nitrogen and oxygen atoms in total. The van der Waals surface area contributed by atoms with Gasteiger partial charge in [0.05, 0.1) is 6.10 Å². The van der Waals surface area contributed by atoms with Crippen molar-refractivity contribution >= 4 is 17.7 Å². The summed E-state index contributed by atoms with van der Waals surface area (Å²) in [5.41, 5.74) is -0.858. The highest BCUT2D eigenvalue weighted by molar-refractivity contribution is 8.00. The lowest BCUT2D eigenvalue weighted by Crippen LogP contribution is -2.53. The van der Waals surface area contributed by atoms with Crippen molar-refractivity contribution in [2.45, 2.75) is 75.6 Å². The van der Waals surface area contributed by atoms with Gasteiger partial charge in [-0.2, -0.15) is 11.8 Å². The number of nitrogens with one attached hydrogen (secondary N) is 1. The highest BCUT2D eigenvalue weighted by Gasteiger charge is 2.36. The van der Waals surface area contributed by atoms with Crippen molar-refractivity contribution in [1.29, 1.82) is 0 Å². The monoisotopic (exact) mass is 289 g/mol. The molecular formula is C14H27NO3S. The maximum atomic E-state index is 11.5. The van der Waals surface area contributed by atoms with Crippen LogP contribution in [0.5, 0.6) is 0 Å². The number of ether oxygens (including phenoxy) is 1. The quantitative estimate of drug-likeness (QED) is 0.754. The molecule has 1 fully saturated rings. The first-order chi connectivity index (χ1) is 8.74. The molecule has 1 rings (SSSR count). The largest absolute Gasteiger partial charge is 0.480 e. The third-order valence-corrected chi connectivity index (χ3v) is 5.09. The van der Waals surface area contributed by atoms with Crippen LogP contribution in [0.1, 0.15) is 47.5 Å². The number of carboxylic acids is 1. The Morgan fingerprint density at radius 2 is 2.16 bits per heavy atom. The molecule has 1 aliphatic rings. The van der Waals surface area contributed by atoms with Gasteiger partial charge in [0.1, 0.15) is 5.54 Å². The van der Waals surface area contributed by atoms with Crippen LogP contribution in [0, 0.1) is 0 Å². The summed E-state index contributed by atoms with van der Waals surface area (Å²) < 4.78 is 5.56. The molecule has 1 saturated heterocycles. The number of rotatable bonds is 7. The standard InChI is InChI=1S/C14H27NO3S/c1-9(2)15-14(5,13(16)17)8-10(3)19-12-6-7-18-11(12)4/h9-12,15H,6-8H2,1-5H3,(H,16,17). The minimum atomic E-state index is -0.858. The Kier molecular flexibility index (Phi) is 6.15. The summed E-state index contributed by atoms with van der Waals surface area (Å²) in [6.45, 7) is 10.8. The van der Waals surface area contributed by atoms with Crippen LogP contribution in [0.3, 0.4) is 0 Å². The first kappa shape index (κ1) is 16.8. The zero-order valence-corrected chi connectivity index (χ0v) is 13.4. The van der Waals surface area contributed by atoms with Crippen LogP contribution in [0.15, 0.2) is 0 Å². The summed E-state index contributed by atoms with van der Waals surface area (Å²) in [4.78, 5) is 11.5. The topological polar surface area (TPSA) is 58.6 Å². The molecule has 1 aliphatic heterocycles. The number of thioether (sulfide) groups is 1. The number of aliphatic carboxylic acids is 1. The molecule has 1 heterocycles.